The number of benzene rings is 2. The molecule has 1 fully saturated rings. The summed E-state index contributed by atoms with van der Waals surface area (Å²) in [7, 11) is -3.32. The summed E-state index contributed by atoms with van der Waals surface area (Å²) in [6, 6.07) is 23.1. The van der Waals surface area contributed by atoms with Crippen molar-refractivity contribution in [2.45, 2.75) is 63.3 Å². The van der Waals surface area contributed by atoms with Crippen molar-refractivity contribution in [1.82, 2.24) is 0 Å². The van der Waals surface area contributed by atoms with Gasteiger partial charge in [-0.1, -0.05) is 86.9 Å². The zero-order valence-corrected chi connectivity index (χ0v) is 29.8. The summed E-state index contributed by atoms with van der Waals surface area (Å²) in [6.07, 6.45) is 1.21. The summed E-state index contributed by atoms with van der Waals surface area (Å²) < 4.78 is 55.5. The standard InChI is InChI=1S/C25H39Cl2O5PS2Si3/c1-25(16-18-34(26,28)29)22-36(2,3)37(4,5)38(32-25,21-19-35(27,30)31)20-17-33(23-12-8-6-9-13-23)24-14-10-7-11-15-24/h6-15H,16-22H2,1-5H3. The average Bonchev–Trinajstić information content (AvgIpc) is 2.80. The maximum absolute atomic E-state index is 12.3. The van der Waals surface area contributed by atoms with E-state index in [-0.39, 0.29) is 11.5 Å². The summed E-state index contributed by atoms with van der Waals surface area (Å²) in [5.41, 5.74) is -0.648. The zero-order chi connectivity index (χ0) is 28.5. The molecule has 1 aliphatic heterocycles. The molecule has 0 radical (unpaired) electrons. The molecule has 0 spiro atoms. The van der Waals surface area contributed by atoms with Crippen LogP contribution in [0.4, 0.5) is 0 Å². The van der Waals surface area contributed by atoms with Crippen LogP contribution < -0.4 is 10.6 Å². The molecule has 1 aliphatic rings. The second-order valence-electron chi connectivity index (χ2n) is 11.8. The second kappa shape index (κ2) is 12.1. The number of hydrogen-bond acceptors (Lipinski definition) is 5. The van der Waals surface area contributed by atoms with Crippen molar-refractivity contribution in [1.29, 1.82) is 0 Å². The van der Waals surface area contributed by atoms with Crippen LogP contribution in [0.25, 0.3) is 0 Å². The quantitative estimate of drug-likeness (QED) is 0.168. The minimum atomic E-state index is -3.71. The summed E-state index contributed by atoms with van der Waals surface area (Å²) in [4.78, 5) is 0. The Morgan fingerprint density at radius 1 is 0.816 bits per heavy atom. The van der Waals surface area contributed by atoms with Crippen LogP contribution in [0.1, 0.15) is 13.3 Å². The Bertz CT molecular complexity index is 1280. The molecule has 0 saturated carbocycles. The third kappa shape index (κ3) is 8.03. The molecule has 13 heteroatoms. The molecule has 38 heavy (non-hydrogen) atoms. The van der Waals surface area contributed by atoms with Gasteiger partial charge >= 0.3 is 0 Å². The van der Waals surface area contributed by atoms with Crippen molar-refractivity contribution >= 4 is 80.5 Å². The fourth-order valence-corrected chi connectivity index (χ4v) is 49.0. The Kier molecular flexibility index (Phi) is 10.3. The molecular formula is C25H39Cl2O5PS2Si3. The smallest absolute Gasteiger partial charge is 0.232 e. The van der Waals surface area contributed by atoms with Crippen LogP contribution in [0.2, 0.25) is 44.3 Å². The van der Waals surface area contributed by atoms with Gasteiger partial charge in [0.05, 0.1) is 24.2 Å². The van der Waals surface area contributed by atoms with Gasteiger partial charge in [-0.2, -0.15) is 0 Å². The lowest BCUT2D eigenvalue weighted by Crippen LogP contribution is -2.80. The minimum Gasteiger partial charge on any atom is -0.415 e. The van der Waals surface area contributed by atoms with Gasteiger partial charge in [0.2, 0.25) is 18.1 Å². The van der Waals surface area contributed by atoms with Crippen LogP contribution in [0.15, 0.2) is 60.7 Å². The van der Waals surface area contributed by atoms with E-state index in [0.717, 1.165) is 18.3 Å². The molecule has 2 aromatic rings. The monoisotopic (exact) mass is 668 g/mol. The van der Waals surface area contributed by atoms with E-state index < -0.39 is 54.2 Å². The van der Waals surface area contributed by atoms with E-state index in [4.69, 9.17) is 25.8 Å². The van der Waals surface area contributed by atoms with E-state index in [0.29, 0.717) is 12.5 Å². The molecule has 2 aromatic carbocycles. The molecule has 0 amide bonds. The molecule has 1 heterocycles. The fourth-order valence-electron chi connectivity index (χ4n) is 5.94. The van der Waals surface area contributed by atoms with E-state index in [9.17, 15) is 16.8 Å². The van der Waals surface area contributed by atoms with E-state index in [2.05, 4.69) is 74.7 Å². The van der Waals surface area contributed by atoms with Crippen LogP contribution in [-0.4, -0.2) is 62.6 Å². The van der Waals surface area contributed by atoms with Crippen LogP contribution in [0.5, 0.6) is 0 Å². The third-order valence-electron chi connectivity index (χ3n) is 8.59. The lowest BCUT2D eigenvalue weighted by atomic mass is 10.1. The number of halogens is 2. The Morgan fingerprint density at radius 2 is 1.29 bits per heavy atom. The zero-order valence-electron chi connectivity index (χ0n) is 22.8. The SMILES string of the molecule is CC1(CCS(=O)(=O)Cl)C[Si](C)(C)[Si](C)(C)[Si](CCP(c2ccccc2)c2ccccc2)(CCS(=O)(=O)Cl)O1. The van der Waals surface area contributed by atoms with Gasteiger partial charge in [0.25, 0.3) is 0 Å². The summed E-state index contributed by atoms with van der Waals surface area (Å²) in [5, 5.41) is 2.57. The minimum absolute atomic E-state index is 0.111. The van der Waals surface area contributed by atoms with Crippen molar-refractivity contribution < 1.29 is 21.3 Å². The van der Waals surface area contributed by atoms with E-state index in [1.165, 1.54) is 10.6 Å². The van der Waals surface area contributed by atoms with Gasteiger partial charge < -0.3 is 4.43 Å². The van der Waals surface area contributed by atoms with Crippen molar-refractivity contribution in [2.24, 2.45) is 0 Å². The van der Waals surface area contributed by atoms with Gasteiger partial charge in [0.15, 0.2) is 7.83 Å². The van der Waals surface area contributed by atoms with Crippen molar-refractivity contribution in [2.75, 3.05) is 17.7 Å². The van der Waals surface area contributed by atoms with Gasteiger partial charge in [0, 0.05) is 29.0 Å². The maximum atomic E-state index is 12.3. The first-order chi connectivity index (χ1) is 17.4. The van der Waals surface area contributed by atoms with E-state index in [1.807, 2.05) is 19.1 Å². The van der Waals surface area contributed by atoms with Crippen molar-refractivity contribution in [3.05, 3.63) is 60.7 Å². The van der Waals surface area contributed by atoms with Crippen molar-refractivity contribution in [3.8, 4) is 0 Å². The molecule has 1 saturated heterocycles. The molecule has 3 rings (SSSR count). The van der Waals surface area contributed by atoms with Crippen LogP contribution in [-0.2, 0) is 22.5 Å². The lowest BCUT2D eigenvalue weighted by molar-refractivity contribution is 0.0941. The highest BCUT2D eigenvalue weighted by Gasteiger charge is 2.65. The second-order valence-corrected chi connectivity index (χ2v) is 46.3. The Balaban J connectivity index is 2.08. The van der Waals surface area contributed by atoms with Crippen LogP contribution >= 0.6 is 29.3 Å². The third-order valence-corrected chi connectivity index (χ3v) is 54.0. The highest BCUT2D eigenvalue weighted by Crippen LogP contribution is 2.50. The first-order valence-electron chi connectivity index (χ1n) is 12.8. The predicted octanol–water partition coefficient (Wildman–Crippen LogP) is 5.95. The van der Waals surface area contributed by atoms with Gasteiger partial charge in [0.1, 0.15) is 0 Å². The first-order valence-corrected chi connectivity index (χ1v) is 29.8. The van der Waals surface area contributed by atoms with Gasteiger partial charge in [-0.15, -0.1) is 0 Å². The van der Waals surface area contributed by atoms with Crippen LogP contribution in [0.3, 0.4) is 0 Å². The highest BCUT2D eigenvalue weighted by molar-refractivity contribution is 8.14. The molecule has 212 valence electrons. The number of rotatable bonds is 11. The molecule has 5 nitrogen and oxygen atoms in total. The first kappa shape index (κ1) is 32.5. The van der Waals surface area contributed by atoms with Gasteiger partial charge in [-0.05, 0) is 56.2 Å². The topological polar surface area (TPSA) is 77.5 Å². The van der Waals surface area contributed by atoms with E-state index >= 15 is 0 Å². The largest absolute Gasteiger partial charge is 0.415 e. The maximum Gasteiger partial charge on any atom is 0.232 e. The Morgan fingerprint density at radius 3 is 1.74 bits per heavy atom. The fraction of sp³-hybridized carbons (Fsp3) is 0.520. The highest BCUT2D eigenvalue weighted by atomic mass is 35.7. The molecule has 0 aromatic heterocycles. The van der Waals surface area contributed by atoms with Gasteiger partial charge in [-0.25, -0.2) is 16.8 Å². The Hall–Kier alpha value is -0.0394. The van der Waals surface area contributed by atoms with E-state index in [1.54, 1.807) is 0 Å². The molecular weight excluding hydrogens is 631 g/mol. The Labute approximate surface area is 242 Å². The number of hydrogen-bond donors (Lipinski definition) is 0. The predicted molar refractivity (Wildman–Crippen MR) is 172 cm³/mol. The molecule has 2 unspecified atom stereocenters. The van der Waals surface area contributed by atoms with Crippen LogP contribution in [0, 0.1) is 0 Å². The summed E-state index contributed by atoms with van der Waals surface area (Å²) >= 11 is 0. The van der Waals surface area contributed by atoms with Gasteiger partial charge in [-0.3, -0.25) is 0 Å². The molecule has 0 bridgehead atoms. The summed E-state index contributed by atoms with van der Waals surface area (Å²) in [6.45, 7) is 11.6. The average molecular weight is 670 g/mol. The molecule has 2 atom stereocenters. The molecule has 0 N–H and O–H groups in total. The normalized spacial score (nSPS) is 25.4. The summed E-state index contributed by atoms with van der Waals surface area (Å²) in [5.74, 6) is -0.267. The van der Waals surface area contributed by atoms with Crippen molar-refractivity contribution in [3.63, 3.8) is 0 Å². The lowest BCUT2D eigenvalue weighted by Gasteiger charge is -2.61. The molecule has 0 aliphatic carbocycles.